The van der Waals surface area contributed by atoms with Crippen LogP contribution in [0.3, 0.4) is 0 Å². The highest BCUT2D eigenvalue weighted by molar-refractivity contribution is 7.92. The number of ether oxygens (including phenoxy) is 2. The van der Waals surface area contributed by atoms with E-state index in [2.05, 4.69) is 10.4 Å². The van der Waals surface area contributed by atoms with E-state index in [9.17, 15) is 13.2 Å². The number of aryl methyl sites for hydroxylation is 1. The summed E-state index contributed by atoms with van der Waals surface area (Å²) in [5.74, 6) is 0.868. The standard InChI is InChI=1S/C31H26N4O5S/c36-31(32-23-13-16-28-29(18-23)40-20-39-28)30-25-8-2-4-10-27(25)34(33-30)19-21-11-14-24(15-12-21)41(37,38)35-17-5-7-22-6-1-3-9-26(22)35/h1-4,6,8-16,18H,5,7,17,19-20H2,(H,32,36). The van der Waals surface area contributed by atoms with Gasteiger partial charge < -0.3 is 14.8 Å². The van der Waals surface area contributed by atoms with Crippen molar-refractivity contribution in [2.75, 3.05) is 23.0 Å². The predicted octanol–water partition coefficient (Wildman–Crippen LogP) is 5.21. The first-order valence-corrected chi connectivity index (χ1v) is 14.8. The maximum atomic E-state index is 13.5. The van der Waals surface area contributed by atoms with Gasteiger partial charge in [-0.2, -0.15) is 5.10 Å². The Bertz CT molecular complexity index is 1900. The normalized spacial score (nSPS) is 14.2. The molecule has 0 radical (unpaired) electrons. The molecule has 5 aromatic rings. The van der Waals surface area contributed by atoms with Crippen LogP contribution in [0.4, 0.5) is 11.4 Å². The van der Waals surface area contributed by atoms with Gasteiger partial charge in [-0.1, -0.05) is 48.5 Å². The molecule has 0 unspecified atom stereocenters. The Hall–Kier alpha value is -4.83. The minimum Gasteiger partial charge on any atom is -0.454 e. The molecule has 2 aliphatic rings. The number of nitrogens with zero attached hydrogens (tertiary/aromatic N) is 3. The maximum absolute atomic E-state index is 13.5. The zero-order valence-corrected chi connectivity index (χ0v) is 22.8. The molecule has 0 bridgehead atoms. The lowest BCUT2D eigenvalue weighted by atomic mass is 10.0. The van der Waals surface area contributed by atoms with Crippen molar-refractivity contribution < 1.29 is 22.7 Å². The molecule has 0 aliphatic carbocycles. The summed E-state index contributed by atoms with van der Waals surface area (Å²) in [6.45, 7) is 0.975. The molecule has 41 heavy (non-hydrogen) atoms. The molecule has 1 aromatic heterocycles. The summed E-state index contributed by atoms with van der Waals surface area (Å²) in [5.41, 5.74) is 4.32. The molecule has 1 N–H and O–H groups in total. The van der Waals surface area contributed by atoms with E-state index in [1.54, 1.807) is 47.1 Å². The predicted molar refractivity (Wildman–Crippen MR) is 155 cm³/mol. The second-order valence-electron chi connectivity index (χ2n) is 10.00. The molecular weight excluding hydrogens is 540 g/mol. The van der Waals surface area contributed by atoms with Crippen LogP contribution in [0.15, 0.2) is 95.9 Å². The molecule has 2 aliphatic heterocycles. The summed E-state index contributed by atoms with van der Waals surface area (Å²) in [5, 5.41) is 8.26. The van der Waals surface area contributed by atoms with Gasteiger partial charge >= 0.3 is 0 Å². The number of anilines is 2. The quantitative estimate of drug-likeness (QED) is 0.303. The van der Waals surface area contributed by atoms with E-state index < -0.39 is 10.0 Å². The summed E-state index contributed by atoms with van der Waals surface area (Å²) >= 11 is 0. The highest BCUT2D eigenvalue weighted by atomic mass is 32.2. The van der Waals surface area contributed by atoms with Gasteiger partial charge in [0.2, 0.25) is 6.79 Å². The fourth-order valence-electron chi connectivity index (χ4n) is 5.40. The van der Waals surface area contributed by atoms with Crippen LogP contribution in [0.2, 0.25) is 0 Å². The van der Waals surface area contributed by atoms with Gasteiger partial charge in [0.1, 0.15) is 0 Å². The first-order chi connectivity index (χ1) is 20.0. The Balaban J connectivity index is 1.14. The maximum Gasteiger partial charge on any atom is 0.276 e. The van der Waals surface area contributed by atoms with E-state index in [1.807, 2.05) is 48.5 Å². The molecule has 0 fully saturated rings. The molecule has 0 atom stereocenters. The van der Waals surface area contributed by atoms with Crippen LogP contribution in [-0.2, 0) is 23.0 Å². The molecule has 7 rings (SSSR count). The molecule has 0 spiro atoms. The van der Waals surface area contributed by atoms with Crippen LogP contribution >= 0.6 is 0 Å². The van der Waals surface area contributed by atoms with Gasteiger partial charge in [-0.15, -0.1) is 0 Å². The minimum atomic E-state index is -3.70. The average Bonchev–Trinajstić information content (AvgIpc) is 3.62. The van der Waals surface area contributed by atoms with Crippen molar-refractivity contribution >= 4 is 38.2 Å². The van der Waals surface area contributed by atoms with Crippen molar-refractivity contribution in [1.82, 2.24) is 9.78 Å². The molecular formula is C31H26N4O5S. The summed E-state index contributed by atoms with van der Waals surface area (Å²) in [4.78, 5) is 13.5. The largest absolute Gasteiger partial charge is 0.454 e. The number of aromatic nitrogens is 2. The average molecular weight is 567 g/mol. The van der Waals surface area contributed by atoms with Gasteiger partial charge in [0, 0.05) is 23.7 Å². The van der Waals surface area contributed by atoms with E-state index in [4.69, 9.17) is 9.47 Å². The zero-order chi connectivity index (χ0) is 28.0. The van der Waals surface area contributed by atoms with Gasteiger partial charge in [-0.25, -0.2) is 8.42 Å². The Morgan fingerprint density at radius 1 is 0.902 bits per heavy atom. The Labute approximate surface area is 237 Å². The molecule has 0 saturated carbocycles. The van der Waals surface area contributed by atoms with Crippen LogP contribution < -0.4 is 19.1 Å². The molecule has 9 nitrogen and oxygen atoms in total. The molecule has 0 saturated heterocycles. The number of hydrogen-bond donors (Lipinski definition) is 1. The molecule has 206 valence electrons. The highest BCUT2D eigenvalue weighted by Crippen LogP contribution is 2.35. The lowest BCUT2D eigenvalue weighted by molar-refractivity contribution is 0.102. The van der Waals surface area contributed by atoms with Crippen LogP contribution in [0.5, 0.6) is 11.5 Å². The van der Waals surface area contributed by atoms with Crippen molar-refractivity contribution in [2.24, 2.45) is 0 Å². The number of hydrogen-bond acceptors (Lipinski definition) is 6. The number of nitrogens with one attached hydrogen (secondary N) is 1. The van der Waals surface area contributed by atoms with E-state index in [1.165, 1.54) is 4.31 Å². The van der Waals surface area contributed by atoms with E-state index >= 15 is 0 Å². The zero-order valence-electron chi connectivity index (χ0n) is 22.0. The van der Waals surface area contributed by atoms with Crippen LogP contribution in [0, 0.1) is 0 Å². The summed E-state index contributed by atoms with van der Waals surface area (Å²) in [6.07, 6.45) is 1.65. The summed E-state index contributed by atoms with van der Waals surface area (Å²) in [7, 11) is -3.70. The van der Waals surface area contributed by atoms with E-state index in [0.29, 0.717) is 41.4 Å². The van der Waals surface area contributed by atoms with Crippen LogP contribution in [-0.4, -0.2) is 37.4 Å². The molecule has 3 heterocycles. The Kier molecular flexibility index (Phi) is 6.12. The van der Waals surface area contributed by atoms with Gasteiger partial charge in [0.15, 0.2) is 17.2 Å². The third-order valence-corrected chi connectivity index (χ3v) is 9.24. The molecule has 10 heteroatoms. The first kappa shape index (κ1) is 25.2. The van der Waals surface area contributed by atoms with E-state index in [0.717, 1.165) is 35.2 Å². The van der Waals surface area contributed by atoms with E-state index in [-0.39, 0.29) is 17.6 Å². The summed E-state index contributed by atoms with van der Waals surface area (Å²) < 4.78 is 41.1. The third-order valence-electron chi connectivity index (χ3n) is 7.41. The van der Waals surface area contributed by atoms with Crippen molar-refractivity contribution in [3.63, 3.8) is 0 Å². The smallest absolute Gasteiger partial charge is 0.276 e. The number of fused-ring (bicyclic) bond motifs is 3. The second kappa shape index (κ2) is 9.97. The monoisotopic (exact) mass is 566 g/mol. The minimum absolute atomic E-state index is 0.154. The lowest BCUT2D eigenvalue weighted by Gasteiger charge is -2.30. The SMILES string of the molecule is O=C(Nc1ccc2c(c1)OCO2)c1nn(Cc2ccc(S(=O)(=O)N3CCCc4ccccc43)cc2)c2ccccc12. The third kappa shape index (κ3) is 4.55. The summed E-state index contributed by atoms with van der Waals surface area (Å²) in [6, 6.07) is 27.3. The molecule has 4 aromatic carbocycles. The van der Waals surface area contributed by atoms with Gasteiger partial charge in [-0.05, 0) is 60.4 Å². The highest BCUT2D eigenvalue weighted by Gasteiger charge is 2.29. The van der Waals surface area contributed by atoms with Crippen LogP contribution in [0.25, 0.3) is 10.9 Å². The van der Waals surface area contributed by atoms with Crippen molar-refractivity contribution in [3.05, 3.63) is 108 Å². The van der Waals surface area contributed by atoms with Gasteiger partial charge in [0.25, 0.3) is 15.9 Å². The number of amides is 1. The first-order valence-electron chi connectivity index (χ1n) is 13.3. The van der Waals surface area contributed by atoms with Crippen molar-refractivity contribution in [2.45, 2.75) is 24.3 Å². The fourth-order valence-corrected chi connectivity index (χ4v) is 6.94. The Morgan fingerprint density at radius 3 is 2.56 bits per heavy atom. The lowest BCUT2D eigenvalue weighted by Crippen LogP contribution is -2.35. The molecule has 1 amide bonds. The van der Waals surface area contributed by atoms with Gasteiger partial charge in [0.05, 0.1) is 22.6 Å². The van der Waals surface area contributed by atoms with Gasteiger partial charge in [-0.3, -0.25) is 13.8 Å². The number of carbonyl (C=O) groups is 1. The fraction of sp³-hybridized carbons (Fsp3) is 0.161. The number of sulfonamides is 1. The Morgan fingerprint density at radius 2 is 1.68 bits per heavy atom. The number of rotatable bonds is 6. The van der Waals surface area contributed by atoms with Crippen LogP contribution in [0.1, 0.15) is 28.0 Å². The number of para-hydroxylation sites is 2. The van der Waals surface area contributed by atoms with Crippen molar-refractivity contribution in [1.29, 1.82) is 0 Å². The van der Waals surface area contributed by atoms with Crippen molar-refractivity contribution in [3.8, 4) is 11.5 Å². The number of carbonyl (C=O) groups excluding carboxylic acids is 1. The number of benzene rings is 4. The topological polar surface area (TPSA) is 103 Å². The second-order valence-corrected chi connectivity index (χ2v) is 11.9.